The summed E-state index contributed by atoms with van der Waals surface area (Å²) in [5.41, 5.74) is 11.1. The zero-order valence-electron chi connectivity index (χ0n) is 72.4. The number of carbonyl (C=O) groups excluding carboxylic acids is 1. The van der Waals surface area contributed by atoms with Crippen molar-refractivity contribution in [3.05, 3.63) is 234 Å². The fourth-order valence-electron chi connectivity index (χ4n) is 17.0. The lowest BCUT2D eigenvalue weighted by atomic mass is 9.83. The third kappa shape index (κ3) is 27.3. The Morgan fingerprint density at radius 1 is 0.417 bits per heavy atom. The number of nitrogens with two attached hydrogens (primary N) is 1. The first-order valence-electron chi connectivity index (χ1n) is 41.4. The molecule has 5 aliphatic heterocycles. The van der Waals surface area contributed by atoms with E-state index in [1.54, 1.807) is 49.8 Å². The van der Waals surface area contributed by atoms with Crippen LogP contribution in [0.15, 0.2) is 206 Å². The highest BCUT2D eigenvalue weighted by Gasteiger charge is 2.49. The molecule has 12 atom stereocenters. The SMILES string of the molecule is CCCCN(CCN)C(=O)CN1C[C@H](c2ccc3c(c2)CCO3)[C@@H](C(=O)O)[C@@H]1CCOc1ccccc1OC.CC[C@H]1[C@H](C(=O)O)[C@@H](c2ccc(OC)cc2)CN1C.CC[C@H]1[C@H](C(=O)O)[C@@H](c2ccc(OC)cc2)CN1C.CC[C@H]1[C@H](C(=O)O)[C@@H](c2ccc(OC)cc2)CN1C.COc1ccccc1.COc1ccccc1.COc1ccccc1. The third-order valence-corrected chi connectivity index (χ3v) is 23.2. The van der Waals surface area contributed by atoms with Gasteiger partial charge in [0.1, 0.15) is 40.2 Å². The molecule has 0 unspecified atom stereocenters. The van der Waals surface area contributed by atoms with Crippen LogP contribution in [0, 0.1) is 23.7 Å². The van der Waals surface area contributed by atoms with Gasteiger partial charge in [0.2, 0.25) is 5.91 Å². The molecule has 6 N–H and O–H groups in total. The second-order valence-corrected chi connectivity index (χ2v) is 30.3. The van der Waals surface area contributed by atoms with E-state index in [0.717, 1.165) is 126 Å². The van der Waals surface area contributed by atoms with Crippen molar-refractivity contribution in [2.24, 2.45) is 29.4 Å². The minimum absolute atomic E-state index is 0.0170. The van der Waals surface area contributed by atoms with Crippen LogP contribution < -0.4 is 48.4 Å². The van der Waals surface area contributed by atoms with Crippen molar-refractivity contribution >= 4 is 29.8 Å². The minimum atomic E-state index is -0.862. The average molecular weight is 1650 g/mol. The Morgan fingerprint density at radius 3 is 1.09 bits per heavy atom. The van der Waals surface area contributed by atoms with Gasteiger partial charge >= 0.3 is 23.9 Å². The van der Waals surface area contributed by atoms with Gasteiger partial charge in [-0.3, -0.25) is 28.9 Å². The Balaban J connectivity index is 0.000000209. The van der Waals surface area contributed by atoms with E-state index in [9.17, 15) is 44.4 Å². The molecule has 8 aromatic carbocycles. The number of nitrogens with zero attached hydrogens (tertiary/aromatic N) is 5. The summed E-state index contributed by atoms with van der Waals surface area (Å²) in [6.07, 6.45) is 5.74. The molecule has 0 bridgehead atoms. The maximum atomic E-state index is 13.4. The van der Waals surface area contributed by atoms with Crippen LogP contribution in [-0.2, 0) is 30.4 Å². The van der Waals surface area contributed by atoms with E-state index >= 15 is 0 Å². The predicted octanol–water partition coefficient (Wildman–Crippen LogP) is 14.9. The lowest BCUT2D eigenvalue weighted by Crippen LogP contribution is -2.46. The second kappa shape index (κ2) is 50.2. The summed E-state index contributed by atoms with van der Waals surface area (Å²) in [5, 5.41) is 39.0. The molecule has 0 aliphatic carbocycles. The van der Waals surface area contributed by atoms with Gasteiger partial charge in [-0.2, -0.15) is 0 Å². The molecular formula is C96H128N6O18. The first-order valence-corrected chi connectivity index (χ1v) is 41.4. The molecule has 0 aromatic heterocycles. The summed E-state index contributed by atoms with van der Waals surface area (Å²) in [5.74, 6) is 2.49. The Morgan fingerprint density at radius 2 is 0.758 bits per heavy atom. The number of amides is 1. The second-order valence-electron chi connectivity index (χ2n) is 30.3. The topological polar surface area (TPSA) is 292 Å². The maximum Gasteiger partial charge on any atom is 0.308 e. The molecule has 0 spiro atoms. The number of likely N-dealkylation sites (N-methyl/N-ethyl adjacent to an activating group) is 3. The number of fused-ring (bicyclic) bond motifs is 1. The van der Waals surface area contributed by atoms with E-state index in [2.05, 4.69) is 27.7 Å². The van der Waals surface area contributed by atoms with E-state index in [1.807, 2.05) is 252 Å². The van der Waals surface area contributed by atoms with Gasteiger partial charge < -0.3 is 88.4 Å². The fourth-order valence-corrected chi connectivity index (χ4v) is 17.0. The van der Waals surface area contributed by atoms with Crippen molar-refractivity contribution in [2.45, 2.75) is 120 Å². The summed E-state index contributed by atoms with van der Waals surface area (Å²) in [7, 11) is 17.5. The van der Waals surface area contributed by atoms with Crippen LogP contribution in [0.4, 0.5) is 0 Å². The van der Waals surface area contributed by atoms with Gasteiger partial charge in [0.05, 0.1) is 93.2 Å². The highest BCUT2D eigenvalue weighted by Crippen LogP contribution is 2.44. The molecule has 5 aliphatic rings. The Bertz CT molecular complexity index is 4030. The monoisotopic (exact) mass is 1650 g/mol. The first kappa shape index (κ1) is 96.2. The molecule has 0 radical (unpaired) electrons. The quantitative estimate of drug-likeness (QED) is 0.0291. The first-order chi connectivity index (χ1) is 58.0. The smallest absolute Gasteiger partial charge is 0.308 e. The number of likely N-dealkylation sites (tertiary alicyclic amines) is 4. The molecular weight excluding hydrogens is 1530 g/mol. The summed E-state index contributed by atoms with van der Waals surface area (Å²) >= 11 is 0. The van der Waals surface area contributed by atoms with Gasteiger partial charge in [0, 0.05) is 100 Å². The largest absolute Gasteiger partial charge is 0.497 e. The van der Waals surface area contributed by atoms with Gasteiger partial charge in [-0.15, -0.1) is 0 Å². The molecule has 120 heavy (non-hydrogen) atoms. The van der Waals surface area contributed by atoms with Gasteiger partial charge in [-0.05, 0) is 172 Å². The lowest BCUT2D eigenvalue weighted by Gasteiger charge is -2.29. The molecule has 5 heterocycles. The number of carboxylic acids is 4. The number of carboxylic acid groups (broad SMARTS) is 4. The number of rotatable bonds is 29. The van der Waals surface area contributed by atoms with Gasteiger partial charge in [-0.1, -0.05) is 149 Å². The minimum Gasteiger partial charge on any atom is -0.497 e. The van der Waals surface area contributed by atoms with Gasteiger partial charge in [0.15, 0.2) is 11.5 Å². The zero-order valence-corrected chi connectivity index (χ0v) is 72.4. The zero-order chi connectivity index (χ0) is 87.2. The number of methoxy groups -OCH3 is 7. The molecule has 1 amide bonds. The molecule has 0 saturated carbocycles. The molecule has 4 saturated heterocycles. The molecule has 8 aromatic rings. The van der Waals surface area contributed by atoms with Gasteiger partial charge in [0.25, 0.3) is 0 Å². The summed E-state index contributed by atoms with van der Waals surface area (Å²) in [6.45, 7) is 13.7. The highest BCUT2D eigenvalue weighted by molar-refractivity contribution is 5.79. The van der Waals surface area contributed by atoms with Crippen molar-refractivity contribution in [3.8, 4) is 51.7 Å². The van der Waals surface area contributed by atoms with E-state index in [-0.39, 0.29) is 78.0 Å². The maximum absolute atomic E-state index is 13.4. The average Bonchev–Trinajstić information content (AvgIpc) is 1.63. The van der Waals surface area contributed by atoms with E-state index in [1.165, 1.54) is 0 Å². The van der Waals surface area contributed by atoms with E-state index in [0.29, 0.717) is 57.3 Å². The highest BCUT2D eigenvalue weighted by atomic mass is 16.5. The number of ether oxygens (including phenoxy) is 9. The van der Waals surface area contributed by atoms with Crippen LogP contribution in [0.2, 0.25) is 0 Å². The molecule has 24 nitrogen and oxygen atoms in total. The number of carbonyl (C=O) groups is 5. The van der Waals surface area contributed by atoms with Crippen LogP contribution in [0.3, 0.4) is 0 Å². The number of para-hydroxylation sites is 5. The number of hydrogen-bond donors (Lipinski definition) is 5. The van der Waals surface area contributed by atoms with Gasteiger partial charge in [-0.25, -0.2) is 0 Å². The fraction of sp³-hybridized carbons (Fsp3) is 0.448. The van der Waals surface area contributed by atoms with E-state index < -0.39 is 29.8 Å². The number of unbranched alkanes of at least 4 members (excludes halogenated alkanes) is 1. The van der Waals surface area contributed by atoms with Crippen LogP contribution in [0.25, 0.3) is 0 Å². The van der Waals surface area contributed by atoms with Crippen LogP contribution in [0.1, 0.15) is 118 Å². The van der Waals surface area contributed by atoms with Crippen molar-refractivity contribution in [3.63, 3.8) is 0 Å². The van der Waals surface area contributed by atoms with Crippen LogP contribution in [0.5, 0.6) is 51.7 Å². The van der Waals surface area contributed by atoms with Crippen molar-refractivity contribution in [2.75, 3.05) is 136 Å². The van der Waals surface area contributed by atoms with Crippen molar-refractivity contribution in [1.29, 1.82) is 0 Å². The van der Waals surface area contributed by atoms with Crippen molar-refractivity contribution in [1.82, 2.24) is 24.5 Å². The lowest BCUT2D eigenvalue weighted by molar-refractivity contribution is -0.144. The standard InChI is InChI=1S/C30H41N3O6.3C15H21NO3.3C7H8O/c1-3-4-14-32(15-13-31)28(34)20-33-19-23(21-9-10-25-22(18-21)11-16-38-25)29(30(35)36)24(33)12-17-39-27-8-6-5-7-26(27)37-2;3*1-4-13-14(15(17)18)12(9-16(13)2)10-5-7-11(19-3)8-6-10;3*1-8-7-5-3-2-4-6-7/h5-10,18,23-24,29H,3-4,11-17,19-20,31H2,1-2H3,(H,35,36);3*5-8,12-14H,4,9H2,1-3H3,(H,17,18);3*2-6H,1H3/t23-,24+,29-;3*12-,13+,14-;;;/m1111.../s1. The molecule has 13 rings (SSSR count). The number of aliphatic carboxylic acids is 4. The van der Waals surface area contributed by atoms with E-state index in [4.69, 9.17) is 48.4 Å². The molecule has 24 heteroatoms. The Labute approximate surface area is 709 Å². The molecule has 650 valence electrons. The normalized spacial score (nSPS) is 21.4. The Hall–Kier alpha value is -10.9. The molecule has 4 fully saturated rings. The summed E-state index contributed by atoms with van der Waals surface area (Å²) in [6, 6.07) is 65.6. The van der Waals surface area contributed by atoms with Crippen LogP contribution in [-0.4, -0.2) is 235 Å². The number of benzene rings is 8. The summed E-state index contributed by atoms with van der Waals surface area (Å²) in [4.78, 5) is 71.2. The predicted molar refractivity (Wildman–Crippen MR) is 468 cm³/mol. The Kier molecular flexibility index (Phi) is 40.3. The van der Waals surface area contributed by atoms with Crippen molar-refractivity contribution < 1.29 is 87.0 Å². The summed E-state index contributed by atoms with van der Waals surface area (Å²) < 4.78 is 47.3. The third-order valence-electron chi connectivity index (χ3n) is 23.2. The van der Waals surface area contributed by atoms with Crippen LogP contribution >= 0.6 is 0 Å². The number of hydrogen-bond acceptors (Lipinski definition) is 19.